The number of ether oxygens (including phenoxy) is 2. The first-order valence-electron chi connectivity index (χ1n) is 7.82. The van der Waals surface area contributed by atoms with Crippen LogP contribution in [-0.4, -0.2) is 36.1 Å². The Morgan fingerprint density at radius 2 is 2.17 bits per heavy atom. The molecule has 0 bridgehead atoms. The average molecular weight is 347 g/mol. The van der Waals surface area contributed by atoms with E-state index in [0.717, 1.165) is 34.9 Å². The Morgan fingerprint density at radius 1 is 1.38 bits per heavy atom. The molecule has 1 saturated carbocycles. The molecule has 0 unspecified atom stereocenters. The van der Waals surface area contributed by atoms with Crippen molar-refractivity contribution in [3.63, 3.8) is 0 Å². The number of carbonyl (C=O) groups is 1. The number of methoxy groups -OCH3 is 2. The summed E-state index contributed by atoms with van der Waals surface area (Å²) in [6.45, 7) is 0.824. The molecule has 0 radical (unpaired) electrons. The van der Waals surface area contributed by atoms with Gasteiger partial charge in [0.25, 0.3) is 5.91 Å². The number of hydrogen-bond donors (Lipinski definition) is 1. The predicted octanol–water partition coefficient (Wildman–Crippen LogP) is 2.42. The summed E-state index contributed by atoms with van der Waals surface area (Å²) >= 11 is 1.42. The van der Waals surface area contributed by atoms with E-state index in [-0.39, 0.29) is 11.9 Å². The number of hydrogen-bond acceptors (Lipinski definition) is 6. The monoisotopic (exact) mass is 347 g/mol. The number of benzene rings is 1. The molecule has 7 heteroatoms. The fraction of sp³-hybridized carbons (Fsp3) is 0.412. The quantitative estimate of drug-likeness (QED) is 0.832. The minimum atomic E-state index is -0.0571. The number of rotatable bonds is 7. The van der Waals surface area contributed by atoms with E-state index < -0.39 is 0 Å². The highest BCUT2D eigenvalue weighted by atomic mass is 32.1. The Labute approximate surface area is 145 Å². The van der Waals surface area contributed by atoms with Gasteiger partial charge < -0.3 is 20.1 Å². The minimum absolute atomic E-state index is 0.0571. The summed E-state index contributed by atoms with van der Waals surface area (Å²) in [5, 5.41) is 2.55. The van der Waals surface area contributed by atoms with Crippen molar-refractivity contribution < 1.29 is 14.3 Å². The third kappa shape index (κ3) is 3.52. The maximum Gasteiger partial charge on any atom is 0.273 e. The summed E-state index contributed by atoms with van der Waals surface area (Å²) in [4.78, 5) is 19.1. The molecule has 3 rings (SSSR count). The Balaban J connectivity index is 1.85. The lowest BCUT2D eigenvalue weighted by Gasteiger charge is -2.23. The highest BCUT2D eigenvalue weighted by Gasteiger charge is 2.34. The number of nitrogens with zero attached hydrogens (tertiary/aromatic N) is 2. The van der Waals surface area contributed by atoms with Gasteiger partial charge in [0.05, 0.1) is 20.8 Å². The summed E-state index contributed by atoms with van der Waals surface area (Å²) in [6.07, 6.45) is 2.04. The molecule has 1 aliphatic carbocycles. The van der Waals surface area contributed by atoms with E-state index in [1.165, 1.54) is 11.3 Å². The Hall–Kier alpha value is -2.12. The lowest BCUT2D eigenvalue weighted by Crippen LogP contribution is -2.33. The molecule has 0 aliphatic heterocycles. The second kappa shape index (κ2) is 7.19. The van der Waals surface area contributed by atoms with E-state index in [9.17, 15) is 4.79 Å². The van der Waals surface area contributed by atoms with Gasteiger partial charge in [-0.25, -0.2) is 4.98 Å². The molecule has 2 aromatic rings. The van der Waals surface area contributed by atoms with Gasteiger partial charge in [0.2, 0.25) is 0 Å². The molecule has 1 amide bonds. The van der Waals surface area contributed by atoms with Crippen molar-refractivity contribution in [2.75, 3.05) is 14.2 Å². The summed E-state index contributed by atoms with van der Waals surface area (Å²) in [6, 6.07) is 5.88. The van der Waals surface area contributed by atoms with E-state index in [1.807, 2.05) is 23.1 Å². The number of amides is 1. The van der Waals surface area contributed by atoms with Crippen LogP contribution in [0, 0.1) is 0 Å². The lowest BCUT2D eigenvalue weighted by atomic mass is 10.1. The van der Waals surface area contributed by atoms with Crippen LogP contribution in [0.2, 0.25) is 0 Å². The molecule has 1 aromatic heterocycles. The topological polar surface area (TPSA) is 77.7 Å². The lowest BCUT2D eigenvalue weighted by molar-refractivity contribution is 0.0723. The molecule has 1 fully saturated rings. The first kappa shape index (κ1) is 16.7. The van der Waals surface area contributed by atoms with Gasteiger partial charge in [0.15, 0.2) is 0 Å². The molecule has 0 saturated heterocycles. The third-order valence-corrected chi connectivity index (χ3v) is 4.89. The van der Waals surface area contributed by atoms with Crippen molar-refractivity contribution in [1.29, 1.82) is 0 Å². The second-order valence-corrected chi connectivity index (χ2v) is 6.62. The van der Waals surface area contributed by atoms with Crippen LogP contribution in [0.15, 0.2) is 23.6 Å². The summed E-state index contributed by atoms with van der Waals surface area (Å²) < 4.78 is 10.7. The van der Waals surface area contributed by atoms with Crippen LogP contribution in [0.25, 0.3) is 0 Å². The molecule has 128 valence electrons. The van der Waals surface area contributed by atoms with Crippen LogP contribution >= 0.6 is 11.3 Å². The minimum Gasteiger partial charge on any atom is -0.497 e. The van der Waals surface area contributed by atoms with Crippen molar-refractivity contribution in [1.82, 2.24) is 9.88 Å². The number of nitrogens with two attached hydrogens (primary N) is 1. The van der Waals surface area contributed by atoms with Crippen LogP contribution in [0.3, 0.4) is 0 Å². The number of carbonyl (C=O) groups excluding carboxylic acids is 1. The van der Waals surface area contributed by atoms with Gasteiger partial charge in [-0.05, 0) is 31.0 Å². The second-order valence-electron chi connectivity index (χ2n) is 5.67. The van der Waals surface area contributed by atoms with Crippen LogP contribution in [-0.2, 0) is 13.1 Å². The van der Waals surface area contributed by atoms with E-state index in [4.69, 9.17) is 15.2 Å². The molecule has 0 spiro atoms. The Kier molecular flexibility index (Phi) is 5.01. The largest absolute Gasteiger partial charge is 0.497 e. The van der Waals surface area contributed by atoms with E-state index in [2.05, 4.69) is 4.98 Å². The highest BCUT2D eigenvalue weighted by molar-refractivity contribution is 7.09. The average Bonchev–Trinajstić information content (AvgIpc) is 3.34. The summed E-state index contributed by atoms with van der Waals surface area (Å²) in [7, 11) is 3.25. The van der Waals surface area contributed by atoms with Crippen LogP contribution < -0.4 is 15.2 Å². The van der Waals surface area contributed by atoms with E-state index in [0.29, 0.717) is 18.8 Å². The SMILES string of the molecule is COc1ccc(OC)c(CN(C(=O)c2csc(CN)n2)C2CC2)c1. The molecule has 0 atom stereocenters. The number of thiazole rings is 1. The fourth-order valence-corrected chi connectivity index (χ4v) is 3.24. The normalized spacial score (nSPS) is 13.6. The molecule has 1 heterocycles. The van der Waals surface area contributed by atoms with Gasteiger partial charge in [0, 0.05) is 23.5 Å². The molecule has 24 heavy (non-hydrogen) atoms. The molecular weight excluding hydrogens is 326 g/mol. The predicted molar refractivity (Wildman–Crippen MR) is 92.4 cm³/mol. The van der Waals surface area contributed by atoms with Gasteiger partial charge in [-0.3, -0.25) is 4.79 Å². The zero-order chi connectivity index (χ0) is 17.1. The molecule has 6 nitrogen and oxygen atoms in total. The first-order valence-corrected chi connectivity index (χ1v) is 8.70. The van der Waals surface area contributed by atoms with Gasteiger partial charge in [-0.1, -0.05) is 0 Å². The van der Waals surface area contributed by atoms with Crippen LogP contribution in [0.4, 0.5) is 0 Å². The smallest absolute Gasteiger partial charge is 0.273 e. The zero-order valence-corrected chi connectivity index (χ0v) is 14.6. The molecule has 1 aromatic carbocycles. The van der Waals surface area contributed by atoms with Crippen molar-refractivity contribution in [2.45, 2.75) is 32.0 Å². The maximum atomic E-state index is 12.9. The third-order valence-electron chi connectivity index (χ3n) is 4.02. The van der Waals surface area contributed by atoms with Gasteiger partial charge >= 0.3 is 0 Å². The van der Waals surface area contributed by atoms with Gasteiger partial charge in [-0.15, -0.1) is 11.3 Å². The standard InChI is InChI=1S/C17H21N3O3S/c1-22-13-5-6-15(23-2)11(7-13)9-20(12-3-4-12)17(21)14-10-24-16(8-18)19-14/h5-7,10,12H,3-4,8-9,18H2,1-2H3. The van der Waals surface area contributed by atoms with Gasteiger partial charge in [-0.2, -0.15) is 0 Å². The Bertz CT molecular complexity index is 728. The Morgan fingerprint density at radius 3 is 2.75 bits per heavy atom. The van der Waals surface area contributed by atoms with E-state index in [1.54, 1.807) is 19.6 Å². The molecule has 2 N–H and O–H groups in total. The van der Waals surface area contributed by atoms with Crippen LogP contribution in [0.5, 0.6) is 11.5 Å². The first-order chi connectivity index (χ1) is 11.7. The van der Waals surface area contributed by atoms with E-state index >= 15 is 0 Å². The summed E-state index contributed by atoms with van der Waals surface area (Å²) in [5.41, 5.74) is 6.99. The van der Waals surface area contributed by atoms with Crippen LogP contribution in [0.1, 0.15) is 33.9 Å². The summed E-state index contributed by atoms with van der Waals surface area (Å²) in [5.74, 6) is 1.43. The van der Waals surface area contributed by atoms with Crippen molar-refractivity contribution in [2.24, 2.45) is 5.73 Å². The molecule has 1 aliphatic rings. The maximum absolute atomic E-state index is 12.9. The van der Waals surface area contributed by atoms with Crippen molar-refractivity contribution in [3.8, 4) is 11.5 Å². The highest BCUT2D eigenvalue weighted by Crippen LogP contribution is 2.33. The molecular formula is C17H21N3O3S. The van der Waals surface area contributed by atoms with Crippen molar-refractivity contribution >= 4 is 17.2 Å². The zero-order valence-electron chi connectivity index (χ0n) is 13.8. The van der Waals surface area contributed by atoms with Gasteiger partial charge in [0.1, 0.15) is 22.2 Å². The fourth-order valence-electron chi connectivity index (χ4n) is 2.59. The van der Waals surface area contributed by atoms with Crippen molar-refractivity contribution in [3.05, 3.63) is 39.8 Å². The number of aromatic nitrogens is 1.